The molecule has 0 saturated carbocycles. The Labute approximate surface area is 115 Å². The predicted octanol–water partition coefficient (Wildman–Crippen LogP) is 1.83. The van der Waals surface area contributed by atoms with Crippen LogP contribution in [0.1, 0.15) is 33.3 Å². The molecule has 19 heavy (non-hydrogen) atoms. The first kappa shape index (κ1) is 15.5. The third-order valence-corrected chi connectivity index (χ3v) is 3.34. The van der Waals surface area contributed by atoms with E-state index in [1.165, 1.54) is 5.56 Å². The monoisotopic (exact) mass is 264 g/mol. The van der Waals surface area contributed by atoms with Crippen molar-refractivity contribution in [1.29, 1.82) is 0 Å². The van der Waals surface area contributed by atoms with Crippen molar-refractivity contribution in [3.63, 3.8) is 0 Å². The van der Waals surface area contributed by atoms with Gasteiger partial charge in [0.05, 0.1) is 0 Å². The number of rotatable bonds is 5. The van der Waals surface area contributed by atoms with Crippen LogP contribution in [0, 0.1) is 0 Å². The Balaban J connectivity index is 2.72. The second-order valence-corrected chi connectivity index (χ2v) is 6.01. The van der Waals surface area contributed by atoms with Gasteiger partial charge < -0.3 is 15.8 Å². The highest BCUT2D eigenvalue weighted by molar-refractivity contribution is 5.84. The fourth-order valence-electron chi connectivity index (χ4n) is 1.55. The van der Waals surface area contributed by atoms with E-state index < -0.39 is 11.4 Å². The van der Waals surface area contributed by atoms with Crippen LogP contribution in [0.4, 0.5) is 0 Å². The maximum Gasteiger partial charge on any atom is 0.240 e. The number of nitrogens with one attached hydrogen (secondary N) is 1. The Morgan fingerprint density at radius 2 is 1.74 bits per heavy atom. The number of carbonyl (C=O) groups is 1. The molecule has 0 aliphatic carbocycles. The molecule has 3 N–H and O–H groups in total. The molecule has 0 radical (unpaired) electrons. The Morgan fingerprint density at radius 3 is 2.11 bits per heavy atom. The number of primary amides is 1. The summed E-state index contributed by atoms with van der Waals surface area (Å²) in [6, 6.07) is 7.90. The van der Waals surface area contributed by atoms with Crippen LogP contribution in [-0.2, 0) is 10.2 Å². The van der Waals surface area contributed by atoms with Crippen LogP contribution in [0.2, 0.25) is 0 Å². The quantitative estimate of drug-likeness (QED) is 0.852. The average molecular weight is 264 g/mol. The highest BCUT2D eigenvalue weighted by Crippen LogP contribution is 2.24. The van der Waals surface area contributed by atoms with E-state index in [2.05, 4.69) is 26.1 Å². The van der Waals surface area contributed by atoms with Gasteiger partial charge in [0.15, 0.2) is 0 Å². The number of amides is 1. The van der Waals surface area contributed by atoms with E-state index in [-0.39, 0.29) is 12.0 Å². The zero-order valence-electron chi connectivity index (χ0n) is 12.4. The molecule has 0 bridgehead atoms. The van der Waals surface area contributed by atoms with Crippen molar-refractivity contribution in [2.45, 2.75) is 38.6 Å². The van der Waals surface area contributed by atoms with Crippen molar-refractivity contribution >= 4 is 5.91 Å². The van der Waals surface area contributed by atoms with Crippen molar-refractivity contribution in [2.75, 3.05) is 13.7 Å². The molecule has 1 amide bonds. The lowest BCUT2D eigenvalue weighted by atomic mass is 9.87. The standard InChI is InChI=1S/C15H24N2O2/c1-14(2,3)11-6-8-12(9-7-11)19-10-15(4,17-5)13(16)18/h6-9,17H,10H2,1-5H3,(H2,16,18). The number of nitrogens with two attached hydrogens (primary N) is 1. The summed E-state index contributed by atoms with van der Waals surface area (Å²) in [7, 11) is 1.69. The van der Waals surface area contributed by atoms with Crippen molar-refractivity contribution in [2.24, 2.45) is 5.73 Å². The topological polar surface area (TPSA) is 64.3 Å². The molecule has 4 heteroatoms. The average Bonchev–Trinajstić information content (AvgIpc) is 2.35. The summed E-state index contributed by atoms with van der Waals surface area (Å²) in [6.45, 7) is 8.41. The molecule has 1 unspecified atom stereocenters. The molecule has 1 aromatic carbocycles. The molecule has 4 nitrogen and oxygen atoms in total. The van der Waals surface area contributed by atoms with Gasteiger partial charge in [-0.2, -0.15) is 0 Å². The van der Waals surface area contributed by atoms with Crippen molar-refractivity contribution < 1.29 is 9.53 Å². The molecule has 0 fully saturated rings. The fraction of sp³-hybridized carbons (Fsp3) is 0.533. The van der Waals surface area contributed by atoms with E-state index >= 15 is 0 Å². The molecule has 0 spiro atoms. The molecule has 1 rings (SSSR count). The number of hydrogen-bond donors (Lipinski definition) is 2. The molecular formula is C15H24N2O2. The number of hydrogen-bond acceptors (Lipinski definition) is 3. The summed E-state index contributed by atoms with van der Waals surface area (Å²) in [6.07, 6.45) is 0. The fourth-order valence-corrected chi connectivity index (χ4v) is 1.55. The maximum absolute atomic E-state index is 11.3. The van der Waals surface area contributed by atoms with Gasteiger partial charge in [-0.15, -0.1) is 0 Å². The first-order valence-electron chi connectivity index (χ1n) is 6.41. The second-order valence-electron chi connectivity index (χ2n) is 6.01. The lowest BCUT2D eigenvalue weighted by Gasteiger charge is -2.25. The maximum atomic E-state index is 11.3. The molecule has 0 aliphatic rings. The zero-order valence-corrected chi connectivity index (χ0v) is 12.4. The summed E-state index contributed by atoms with van der Waals surface area (Å²) >= 11 is 0. The molecule has 0 aromatic heterocycles. The summed E-state index contributed by atoms with van der Waals surface area (Å²) in [5, 5.41) is 2.88. The third-order valence-electron chi connectivity index (χ3n) is 3.34. The Kier molecular flexibility index (Phi) is 4.58. The molecule has 1 aromatic rings. The summed E-state index contributed by atoms with van der Waals surface area (Å²) < 4.78 is 5.63. The zero-order chi connectivity index (χ0) is 14.7. The van der Waals surface area contributed by atoms with E-state index in [1.807, 2.05) is 24.3 Å². The van der Waals surface area contributed by atoms with Gasteiger partial charge in [-0.1, -0.05) is 32.9 Å². The van der Waals surface area contributed by atoms with Gasteiger partial charge >= 0.3 is 0 Å². The highest BCUT2D eigenvalue weighted by atomic mass is 16.5. The van der Waals surface area contributed by atoms with E-state index in [0.717, 1.165) is 5.75 Å². The van der Waals surface area contributed by atoms with E-state index in [0.29, 0.717) is 0 Å². The predicted molar refractivity (Wildman–Crippen MR) is 77.3 cm³/mol. The first-order valence-corrected chi connectivity index (χ1v) is 6.41. The smallest absolute Gasteiger partial charge is 0.240 e. The number of ether oxygens (including phenoxy) is 1. The SMILES string of the molecule is CNC(C)(COc1ccc(C(C)(C)C)cc1)C(N)=O. The Hall–Kier alpha value is -1.55. The Morgan fingerprint density at radius 1 is 1.21 bits per heavy atom. The van der Waals surface area contributed by atoms with E-state index in [4.69, 9.17) is 10.5 Å². The van der Waals surface area contributed by atoms with Gasteiger partial charge in [0.1, 0.15) is 17.9 Å². The van der Waals surface area contributed by atoms with Gasteiger partial charge in [0.2, 0.25) is 5.91 Å². The summed E-state index contributed by atoms with van der Waals surface area (Å²) in [5.74, 6) is 0.303. The van der Waals surface area contributed by atoms with Crippen LogP contribution >= 0.6 is 0 Å². The van der Waals surface area contributed by atoms with Crippen LogP contribution in [0.3, 0.4) is 0 Å². The van der Waals surface area contributed by atoms with Crippen LogP contribution in [0.5, 0.6) is 5.75 Å². The number of carbonyl (C=O) groups excluding carboxylic acids is 1. The van der Waals surface area contributed by atoms with Crippen LogP contribution in [0.25, 0.3) is 0 Å². The van der Waals surface area contributed by atoms with E-state index in [1.54, 1.807) is 14.0 Å². The third kappa shape index (κ3) is 3.96. The molecule has 0 heterocycles. The number of likely N-dealkylation sites (N-methyl/N-ethyl adjacent to an activating group) is 1. The number of benzene rings is 1. The first-order chi connectivity index (χ1) is 8.69. The van der Waals surface area contributed by atoms with Crippen LogP contribution < -0.4 is 15.8 Å². The Bertz CT molecular complexity index is 434. The second kappa shape index (κ2) is 5.61. The van der Waals surface area contributed by atoms with Crippen molar-refractivity contribution in [3.8, 4) is 5.75 Å². The van der Waals surface area contributed by atoms with Crippen LogP contribution in [-0.4, -0.2) is 25.1 Å². The minimum atomic E-state index is -0.858. The van der Waals surface area contributed by atoms with Crippen molar-refractivity contribution in [3.05, 3.63) is 29.8 Å². The van der Waals surface area contributed by atoms with Gasteiger partial charge in [-0.3, -0.25) is 4.79 Å². The highest BCUT2D eigenvalue weighted by Gasteiger charge is 2.30. The van der Waals surface area contributed by atoms with Gasteiger partial charge in [0.25, 0.3) is 0 Å². The minimum Gasteiger partial charge on any atom is -0.491 e. The molecule has 106 valence electrons. The largest absolute Gasteiger partial charge is 0.491 e. The van der Waals surface area contributed by atoms with Gasteiger partial charge in [0, 0.05) is 0 Å². The lowest BCUT2D eigenvalue weighted by Crippen LogP contribution is -2.55. The van der Waals surface area contributed by atoms with E-state index in [9.17, 15) is 4.79 Å². The molecular weight excluding hydrogens is 240 g/mol. The minimum absolute atomic E-state index is 0.116. The molecule has 0 aliphatic heterocycles. The van der Waals surface area contributed by atoms with Crippen LogP contribution in [0.15, 0.2) is 24.3 Å². The normalized spacial score (nSPS) is 14.8. The molecule has 1 atom stereocenters. The van der Waals surface area contributed by atoms with Crippen molar-refractivity contribution in [1.82, 2.24) is 5.32 Å². The van der Waals surface area contributed by atoms with Gasteiger partial charge in [-0.25, -0.2) is 0 Å². The van der Waals surface area contributed by atoms with Gasteiger partial charge in [-0.05, 0) is 37.1 Å². The lowest BCUT2D eigenvalue weighted by molar-refractivity contribution is -0.124. The molecule has 0 saturated heterocycles. The summed E-state index contributed by atoms with van der Waals surface area (Å²) in [4.78, 5) is 11.3. The summed E-state index contributed by atoms with van der Waals surface area (Å²) in [5.41, 5.74) is 5.85.